The maximum atomic E-state index is 12.4. The highest BCUT2D eigenvalue weighted by atomic mass is 32.2. The monoisotopic (exact) mass is 410 g/mol. The molecule has 7 heteroatoms. The van der Waals surface area contributed by atoms with Gasteiger partial charge in [0.1, 0.15) is 6.61 Å². The summed E-state index contributed by atoms with van der Waals surface area (Å²) in [6.45, 7) is 2.24. The predicted octanol–water partition coefficient (Wildman–Crippen LogP) is 3.90. The molecule has 0 aliphatic carbocycles. The van der Waals surface area contributed by atoms with Crippen molar-refractivity contribution in [1.29, 1.82) is 0 Å². The molecule has 3 aromatic carbocycles. The molecule has 1 N–H and O–H groups in total. The zero-order valence-corrected chi connectivity index (χ0v) is 17.0. The van der Waals surface area contributed by atoms with E-state index >= 15 is 0 Å². The van der Waals surface area contributed by atoms with Gasteiger partial charge in [-0.25, -0.2) is 4.83 Å². The number of ether oxygens (including phenoxy) is 2. The number of nitrogens with zero attached hydrogens (tertiary/aromatic N) is 1. The molecule has 3 aromatic rings. The van der Waals surface area contributed by atoms with E-state index in [1.165, 1.54) is 18.3 Å². The van der Waals surface area contributed by atoms with Gasteiger partial charge in [0.15, 0.2) is 11.5 Å². The number of rotatable bonds is 8. The Labute approximate surface area is 170 Å². The zero-order chi connectivity index (χ0) is 20.7. The van der Waals surface area contributed by atoms with Crippen LogP contribution in [0.1, 0.15) is 16.7 Å². The standard InChI is InChI=1S/C22H22N2O4S/c1-17-11-13-20(14-12-17)29(25,26)24-23-15-19-9-6-10-21(27-2)22(19)28-16-18-7-4-3-5-8-18/h3-15,24H,16H2,1-2H3/b23-15-. The van der Waals surface area contributed by atoms with Gasteiger partial charge in [-0.05, 0) is 36.8 Å². The first kappa shape index (κ1) is 20.4. The van der Waals surface area contributed by atoms with Crippen LogP contribution in [0.5, 0.6) is 11.5 Å². The first-order chi connectivity index (χ1) is 14.0. The maximum absolute atomic E-state index is 12.4. The number of para-hydroxylation sites is 1. The lowest BCUT2D eigenvalue weighted by Gasteiger charge is -2.13. The number of methoxy groups -OCH3 is 1. The van der Waals surface area contributed by atoms with Gasteiger partial charge in [0.05, 0.1) is 18.2 Å². The molecule has 0 amide bonds. The van der Waals surface area contributed by atoms with Crippen LogP contribution in [0, 0.1) is 6.92 Å². The number of nitrogens with one attached hydrogen (secondary N) is 1. The van der Waals surface area contributed by atoms with Crippen molar-refractivity contribution >= 4 is 16.2 Å². The normalized spacial score (nSPS) is 11.4. The van der Waals surface area contributed by atoms with E-state index in [1.54, 1.807) is 37.4 Å². The number of hydrogen-bond donors (Lipinski definition) is 1. The van der Waals surface area contributed by atoms with Crippen molar-refractivity contribution < 1.29 is 17.9 Å². The van der Waals surface area contributed by atoms with Crippen LogP contribution in [0.2, 0.25) is 0 Å². The molecule has 0 fully saturated rings. The van der Waals surface area contributed by atoms with Crippen LogP contribution in [0.15, 0.2) is 82.8 Å². The largest absolute Gasteiger partial charge is 0.493 e. The molecule has 150 valence electrons. The van der Waals surface area contributed by atoms with Gasteiger partial charge in [0.2, 0.25) is 0 Å². The SMILES string of the molecule is COc1cccc(/C=N\NS(=O)(=O)c2ccc(C)cc2)c1OCc1ccccc1. The summed E-state index contributed by atoms with van der Waals surface area (Å²) in [5, 5.41) is 3.90. The second kappa shape index (κ2) is 9.25. The van der Waals surface area contributed by atoms with E-state index in [2.05, 4.69) is 9.93 Å². The van der Waals surface area contributed by atoms with Crippen LogP contribution in [0.3, 0.4) is 0 Å². The molecule has 29 heavy (non-hydrogen) atoms. The van der Waals surface area contributed by atoms with Crippen LogP contribution in [0.4, 0.5) is 0 Å². The molecular formula is C22H22N2O4S. The van der Waals surface area contributed by atoms with Gasteiger partial charge in [0.25, 0.3) is 10.0 Å². The molecule has 0 bridgehead atoms. The summed E-state index contributed by atoms with van der Waals surface area (Å²) in [5.41, 5.74) is 2.57. The minimum atomic E-state index is -3.75. The summed E-state index contributed by atoms with van der Waals surface area (Å²) in [5.74, 6) is 1.02. The number of benzene rings is 3. The molecule has 0 unspecified atom stereocenters. The summed E-state index contributed by atoms with van der Waals surface area (Å²) in [4.78, 5) is 2.37. The molecule has 0 saturated heterocycles. The highest BCUT2D eigenvalue weighted by Gasteiger charge is 2.13. The molecule has 0 aliphatic rings. The molecular weight excluding hydrogens is 388 g/mol. The Morgan fingerprint density at radius 1 is 0.966 bits per heavy atom. The van der Waals surface area contributed by atoms with Crippen LogP contribution >= 0.6 is 0 Å². The van der Waals surface area contributed by atoms with E-state index < -0.39 is 10.0 Å². The van der Waals surface area contributed by atoms with Gasteiger partial charge in [-0.2, -0.15) is 13.5 Å². The molecule has 0 spiro atoms. The third-order valence-electron chi connectivity index (χ3n) is 4.16. The minimum Gasteiger partial charge on any atom is -0.493 e. The van der Waals surface area contributed by atoms with Crippen molar-refractivity contribution in [3.63, 3.8) is 0 Å². The molecule has 0 radical (unpaired) electrons. The average molecular weight is 410 g/mol. The highest BCUT2D eigenvalue weighted by Crippen LogP contribution is 2.30. The fourth-order valence-corrected chi connectivity index (χ4v) is 3.41. The van der Waals surface area contributed by atoms with Crippen LogP contribution in [-0.4, -0.2) is 21.7 Å². The van der Waals surface area contributed by atoms with Crippen molar-refractivity contribution in [1.82, 2.24) is 4.83 Å². The molecule has 3 rings (SSSR count). The lowest BCUT2D eigenvalue weighted by molar-refractivity contribution is 0.284. The second-order valence-corrected chi connectivity index (χ2v) is 7.98. The Kier molecular flexibility index (Phi) is 6.51. The van der Waals surface area contributed by atoms with Crippen molar-refractivity contribution in [2.24, 2.45) is 5.10 Å². The number of sulfonamides is 1. The summed E-state index contributed by atoms with van der Waals surface area (Å²) in [6, 6.07) is 21.6. The minimum absolute atomic E-state index is 0.145. The topological polar surface area (TPSA) is 77.0 Å². The lowest BCUT2D eigenvalue weighted by atomic mass is 10.2. The van der Waals surface area contributed by atoms with Crippen molar-refractivity contribution in [2.75, 3.05) is 7.11 Å². The van der Waals surface area contributed by atoms with Gasteiger partial charge in [0, 0.05) is 5.56 Å². The molecule has 6 nitrogen and oxygen atoms in total. The van der Waals surface area contributed by atoms with Crippen molar-refractivity contribution in [2.45, 2.75) is 18.4 Å². The zero-order valence-electron chi connectivity index (χ0n) is 16.2. The Bertz CT molecular complexity index is 1080. The van der Waals surface area contributed by atoms with Gasteiger partial charge < -0.3 is 9.47 Å². The first-order valence-electron chi connectivity index (χ1n) is 8.95. The fraction of sp³-hybridized carbons (Fsp3) is 0.136. The average Bonchev–Trinajstić information content (AvgIpc) is 2.73. The second-order valence-electron chi connectivity index (χ2n) is 6.32. The van der Waals surface area contributed by atoms with Crippen LogP contribution in [0.25, 0.3) is 0 Å². The quantitative estimate of drug-likeness (QED) is 0.451. The van der Waals surface area contributed by atoms with E-state index in [0.717, 1.165) is 11.1 Å². The Balaban J connectivity index is 1.78. The summed E-state index contributed by atoms with van der Waals surface area (Å²) in [7, 11) is -2.20. The van der Waals surface area contributed by atoms with E-state index in [1.807, 2.05) is 37.3 Å². The fourth-order valence-electron chi connectivity index (χ4n) is 2.61. The Morgan fingerprint density at radius 2 is 1.69 bits per heavy atom. The third-order valence-corrected chi connectivity index (χ3v) is 5.40. The van der Waals surface area contributed by atoms with E-state index in [0.29, 0.717) is 23.7 Å². The smallest absolute Gasteiger partial charge is 0.276 e. The van der Waals surface area contributed by atoms with Gasteiger partial charge in [-0.3, -0.25) is 0 Å². The predicted molar refractivity (Wildman–Crippen MR) is 113 cm³/mol. The summed E-state index contributed by atoms with van der Waals surface area (Å²) in [6.07, 6.45) is 1.40. The third kappa shape index (κ3) is 5.36. The Morgan fingerprint density at radius 3 is 2.38 bits per heavy atom. The number of hydrogen-bond acceptors (Lipinski definition) is 5. The molecule has 0 atom stereocenters. The molecule has 0 saturated carbocycles. The van der Waals surface area contributed by atoms with Crippen molar-refractivity contribution in [3.05, 3.63) is 89.5 Å². The molecule has 0 aliphatic heterocycles. The lowest BCUT2D eigenvalue weighted by Crippen LogP contribution is -2.18. The number of aryl methyl sites for hydroxylation is 1. The summed E-state index contributed by atoms with van der Waals surface area (Å²) >= 11 is 0. The molecule has 0 heterocycles. The van der Waals surface area contributed by atoms with Crippen LogP contribution in [-0.2, 0) is 16.6 Å². The van der Waals surface area contributed by atoms with Crippen molar-refractivity contribution in [3.8, 4) is 11.5 Å². The first-order valence-corrected chi connectivity index (χ1v) is 10.4. The Hall–Kier alpha value is -3.32. The van der Waals surface area contributed by atoms with Gasteiger partial charge >= 0.3 is 0 Å². The van der Waals surface area contributed by atoms with Crippen LogP contribution < -0.4 is 14.3 Å². The van der Waals surface area contributed by atoms with Gasteiger partial charge in [-0.1, -0.05) is 54.1 Å². The molecule has 0 aromatic heterocycles. The maximum Gasteiger partial charge on any atom is 0.276 e. The highest BCUT2D eigenvalue weighted by molar-refractivity contribution is 7.89. The van der Waals surface area contributed by atoms with E-state index in [9.17, 15) is 8.42 Å². The van der Waals surface area contributed by atoms with Gasteiger partial charge in [-0.15, -0.1) is 0 Å². The van der Waals surface area contributed by atoms with E-state index in [4.69, 9.17) is 9.47 Å². The summed E-state index contributed by atoms with van der Waals surface area (Å²) < 4.78 is 36.1. The number of hydrazone groups is 1. The van der Waals surface area contributed by atoms with E-state index in [-0.39, 0.29) is 4.90 Å².